The molecule has 1 N–H and O–H groups in total. The molecule has 4 aromatic rings. The van der Waals surface area contributed by atoms with Crippen molar-refractivity contribution < 1.29 is 19.1 Å². The SMILES string of the molecule is COc1ccc(C(OC)C(=O)N(CC(=O)Nc2nn(-c3ccccc3)cc2-c2ccccc2)C(C)C)cc1. The van der Waals surface area contributed by atoms with E-state index in [1.807, 2.05) is 80.7 Å². The Kier molecular flexibility index (Phi) is 8.55. The quantitative estimate of drug-likeness (QED) is 0.319. The van der Waals surface area contributed by atoms with Crippen LogP contribution in [0, 0.1) is 0 Å². The molecule has 3 aromatic carbocycles. The van der Waals surface area contributed by atoms with Gasteiger partial charge in [0.25, 0.3) is 5.91 Å². The smallest absolute Gasteiger partial charge is 0.257 e. The van der Waals surface area contributed by atoms with Gasteiger partial charge in [0.05, 0.1) is 12.8 Å². The molecule has 2 amide bonds. The molecule has 0 aliphatic rings. The van der Waals surface area contributed by atoms with E-state index < -0.39 is 6.10 Å². The molecule has 8 nitrogen and oxygen atoms in total. The number of para-hydroxylation sites is 1. The third-order valence-electron chi connectivity index (χ3n) is 6.18. The summed E-state index contributed by atoms with van der Waals surface area (Å²) in [7, 11) is 3.06. The van der Waals surface area contributed by atoms with Crippen LogP contribution in [0.4, 0.5) is 5.82 Å². The summed E-state index contributed by atoms with van der Waals surface area (Å²) in [4.78, 5) is 28.3. The van der Waals surface area contributed by atoms with Crippen molar-refractivity contribution in [2.75, 3.05) is 26.1 Å². The highest BCUT2D eigenvalue weighted by molar-refractivity contribution is 5.97. The number of aromatic nitrogens is 2. The van der Waals surface area contributed by atoms with Crippen LogP contribution in [-0.2, 0) is 14.3 Å². The Bertz CT molecular complexity index is 1350. The molecule has 0 aliphatic carbocycles. The first-order valence-corrected chi connectivity index (χ1v) is 12.4. The maximum Gasteiger partial charge on any atom is 0.257 e. The molecule has 1 unspecified atom stereocenters. The van der Waals surface area contributed by atoms with E-state index in [2.05, 4.69) is 10.4 Å². The fourth-order valence-corrected chi connectivity index (χ4v) is 4.16. The number of hydrogen-bond acceptors (Lipinski definition) is 5. The van der Waals surface area contributed by atoms with Gasteiger partial charge < -0.3 is 19.7 Å². The van der Waals surface area contributed by atoms with E-state index in [0.29, 0.717) is 17.1 Å². The Balaban J connectivity index is 1.57. The lowest BCUT2D eigenvalue weighted by Crippen LogP contribution is -2.45. The Morgan fingerprint density at radius 1 is 0.921 bits per heavy atom. The number of anilines is 1. The first kappa shape index (κ1) is 26.6. The van der Waals surface area contributed by atoms with Gasteiger partial charge in [-0.05, 0) is 49.2 Å². The van der Waals surface area contributed by atoms with Crippen molar-refractivity contribution in [2.45, 2.75) is 26.0 Å². The lowest BCUT2D eigenvalue weighted by molar-refractivity contribution is -0.146. The first-order chi connectivity index (χ1) is 18.4. The van der Waals surface area contributed by atoms with Gasteiger partial charge in [-0.3, -0.25) is 9.59 Å². The van der Waals surface area contributed by atoms with Crippen LogP contribution in [0.25, 0.3) is 16.8 Å². The fraction of sp³-hybridized carbons (Fsp3) is 0.233. The van der Waals surface area contributed by atoms with Crippen molar-refractivity contribution in [3.8, 4) is 22.6 Å². The monoisotopic (exact) mass is 512 g/mol. The van der Waals surface area contributed by atoms with Crippen LogP contribution >= 0.6 is 0 Å². The van der Waals surface area contributed by atoms with Crippen LogP contribution in [0.3, 0.4) is 0 Å². The number of rotatable bonds is 10. The minimum absolute atomic E-state index is 0.154. The van der Waals surface area contributed by atoms with Crippen LogP contribution < -0.4 is 10.1 Å². The van der Waals surface area contributed by atoms with Gasteiger partial charge in [0, 0.05) is 24.9 Å². The number of ether oxygens (including phenoxy) is 2. The van der Waals surface area contributed by atoms with E-state index in [4.69, 9.17) is 9.47 Å². The van der Waals surface area contributed by atoms with E-state index >= 15 is 0 Å². The van der Waals surface area contributed by atoms with Gasteiger partial charge in [-0.15, -0.1) is 5.10 Å². The Morgan fingerprint density at radius 2 is 1.55 bits per heavy atom. The van der Waals surface area contributed by atoms with E-state index in [-0.39, 0.29) is 24.4 Å². The molecule has 1 heterocycles. The van der Waals surface area contributed by atoms with Gasteiger partial charge in [0.2, 0.25) is 5.91 Å². The molecule has 0 aliphatic heterocycles. The van der Waals surface area contributed by atoms with Crippen molar-refractivity contribution in [3.05, 3.63) is 96.7 Å². The highest BCUT2D eigenvalue weighted by Gasteiger charge is 2.29. The molecular weight excluding hydrogens is 480 g/mol. The summed E-state index contributed by atoms with van der Waals surface area (Å²) in [5, 5.41) is 7.58. The van der Waals surface area contributed by atoms with Gasteiger partial charge in [0.15, 0.2) is 11.9 Å². The van der Waals surface area contributed by atoms with Gasteiger partial charge in [-0.2, -0.15) is 0 Å². The van der Waals surface area contributed by atoms with Gasteiger partial charge in [-0.1, -0.05) is 60.7 Å². The average Bonchev–Trinajstić information content (AvgIpc) is 3.37. The van der Waals surface area contributed by atoms with E-state index in [9.17, 15) is 9.59 Å². The van der Waals surface area contributed by atoms with Crippen LogP contribution in [0.2, 0.25) is 0 Å². The predicted octanol–water partition coefficient (Wildman–Crippen LogP) is 5.11. The predicted molar refractivity (Wildman–Crippen MR) is 147 cm³/mol. The number of methoxy groups -OCH3 is 2. The normalized spacial score (nSPS) is 11.7. The number of carbonyl (C=O) groups excluding carboxylic acids is 2. The summed E-state index contributed by atoms with van der Waals surface area (Å²) in [6.45, 7) is 3.58. The summed E-state index contributed by atoms with van der Waals surface area (Å²) in [5.74, 6) is 0.438. The van der Waals surface area contributed by atoms with E-state index in [1.165, 1.54) is 12.0 Å². The minimum atomic E-state index is -0.853. The Morgan fingerprint density at radius 3 is 2.13 bits per heavy atom. The third kappa shape index (κ3) is 6.10. The molecule has 1 atom stereocenters. The summed E-state index contributed by atoms with van der Waals surface area (Å²) in [5.41, 5.74) is 3.24. The van der Waals surface area contributed by atoms with Crippen LogP contribution in [0.15, 0.2) is 91.1 Å². The topological polar surface area (TPSA) is 85.7 Å². The lowest BCUT2D eigenvalue weighted by atomic mass is 10.1. The lowest BCUT2D eigenvalue weighted by Gasteiger charge is -2.29. The molecule has 8 heteroatoms. The number of nitrogens with zero attached hydrogens (tertiary/aromatic N) is 3. The van der Waals surface area contributed by atoms with Crippen LogP contribution in [-0.4, -0.2) is 53.3 Å². The second-order valence-electron chi connectivity index (χ2n) is 9.03. The van der Waals surface area contributed by atoms with Crippen LogP contribution in [0.5, 0.6) is 5.75 Å². The standard InChI is InChI=1S/C30H32N4O4/c1-21(2)33(30(36)28(38-4)23-15-17-25(37-3)18-16-23)20-27(35)31-29-26(22-11-7-5-8-12-22)19-34(32-29)24-13-9-6-10-14-24/h5-19,21,28H,20H2,1-4H3,(H,31,32,35). The second-order valence-corrected chi connectivity index (χ2v) is 9.03. The van der Waals surface area contributed by atoms with Crippen molar-refractivity contribution in [2.24, 2.45) is 0 Å². The summed E-state index contributed by atoms with van der Waals surface area (Å²) < 4.78 is 12.5. The molecule has 0 fully saturated rings. The molecule has 38 heavy (non-hydrogen) atoms. The number of carbonyl (C=O) groups is 2. The Labute approximate surface area is 222 Å². The number of hydrogen-bond donors (Lipinski definition) is 1. The van der Waals surface area contributed by atoms with Crippen molar-refractivity contribution in [3.63, 3.8) is 0 Å². The molecule has 0 saturated heterocycles. The second kappa shape index (κ2) is 12.2. The largest absolute Gasteiger partial charge is 0.497 e. The molecule has 0 saturated carbocycles. The number of benzene rings is 3. The van der Waals surface area contributed by atoms with Crippen molar-refractivity contribution in [1.82, 2.24) is 14.7 Å². The Hall–Kier alpha value is -4.43. The first-order valence-electron chi connectivity index (χ1n) is 12.4. The van der Waals surface area contributed by atoms with Crippen molar-refractivity contribution >= 4 is 17.6 Å². The molecule has 0 spiro atoms. The van der Waals surface area contributed by atoms with Gasteiger partial charge in [0.1, 0.15) is 12.3 Å². The highest BCUT2D eigenvalue weighted by Crippen LogP contribution is 2.29. The summed E-state index contributed by atoms with van der Waals surface area (Å²) >= 11 is 0. The third-order valence-corrected chi connectivity index (χ3v) is 6.18. The van der Waals surface area contributed by atoms with Gasteiger partial charge in [-0.25, -0.2) is 4.68 Å². The molecule has 196 valence electrons. The zero-order chi connectivity index (χ0) is 27.1. The zero-order valence-electron chi connectivity index (χ0n) is 22.0. The number of amides is 2. The molecule has 1 aromatic heterocycles. The molecule has 4 rings (SSSR count). The highest BCUT2D eigenvalue weighted by atomic mass is 16.5. The number of nitrogens with one attached hydrogen (secondary N) is 1. The van der Waals surface area contributed by atoms with Crippen LogP contribution in [0.1, 0.15) is 25.5 Å². The summed E-state index contributed by atoms with van der Waals surface area (Å²) in [6, 6.07) is 26.3. The van der Waals surface area contributed by atoms with E-state index in [1.54, 1.807) is 36.1 Å². The van der Waals surface area contributed by atoms with E-state index in [0.717, 1.165) is 16.8 Å². The molecule has 0 bridgehead atoms. The average molecular weight is 513 g/mol. The zero-order valence-corrected chi connectivity index (χ0v) is 22.0. The summed E-state index contributed by atoms with van der Waals surface area (Å²) in [6.07, 6.45) is 1.03. The minimum Gasteiger partial charge on any atom is -0.497 e. The molecule has 0 radical (unpaired) electrons. The maximum atomic E-state index is 13.5. The molecular formula is C30H32N4O4. The van der Waals surface area contributed by atoms with Gasteiger partial charge >= 0.3 is 0 Å². The maximum absolute atomic E-state index is 13.5. The van der Waals surface area contributed by atoms with Crippen molar-refractivity contribution in [1.29, 1.82) is 0 Å². The fourth-order valence-electron chi connectivity index (χ4n) is 4.16.